The predicted molar refractivity (Wildman–Crippen MR) is 79.1 cm³/mol. The molecule has 2 amide bonds. The number of nitrogens with two attached hydrogens (primary N) is 1. The van der Waals surface area contributed by atoms with Gasteiger partial charge in [0.25, 0.3) is 5.91 Å². The molecule has 0 saturated heterocycles. The fourth-order valence-electron chi connectivity index (χ4n) is 1.87. The summed E-state index contributed by atoms with van der Waals surface area (Å²) in [5, 5.41) is 4.82. The van der Waals surface area contributed by atoms with Crippen molar-refractivity contribution in [2.75, 3.05) is 5.32 Å². The topological polar surface area (TPSA) is 114 Å². The molecule has 0 atom stereocenters. The third-order valence-electron chi connectivity index (χ3n) is 2.81. The van der Waals surface area contributed by atoms with E-state index in [4.69, 9.17) is 5.73 Å². The van der Waals surface area contributed by atoms with Gasteiger partial charge in [0.15, 0.2) is 5.13 Å². The van der Waals surface area contributed by atoms with Gasteiger partial charge in [-0.2, -0.15) is 0 Å². The van der Waals surface area contributed by atoms with Crippen LogP contribution >= 0.6 is 11.3 Å². The van der Waals surface area contributed by atoms with Crippen LogP contribution in [-0.2, 0) is 11.2 Å². The van der Waals surface area contributed by atoms with Gasteiger partial charge in [-0.05, 0) is 18.2 Å². The van der Waals surface area contributed by atoms with Gasteiger partial charge in [0.2, 0.25) is 5.91 Å². The summed E-state index contributed by atoms with van der Waals surface area (Å²) >= 11 is 1.25. The van der Waals surface area contributed by atoms with Crippen molar-refractivity contribution in [3.05, 3.63) is 41.2 Å². The van der Waals surface area contributed by atoms with E-state index in [-0.39, 0.29) is 12.3 Å². The molecule has 0 aliphatic carbocycles. The van der Waals surface area contributed by atoms with Crippen LogP contribution in [0.1, 0.15) is 16.1 Å². The second kappa shape index (κ2) is 5.33. The summed E-state index contributed by atoms with van der Waals surface area (Å²) in [4.78, 5) is 34.1. The minimum atomic E-state index is -0.456. The first kappa shape index (κ1) is 13.3. The molecule has 3 rings (SSSR count). The van der Waals surface area contributed by atoms with E-state index >= 15 is 0 Å². The lowest BCUT2D eigenvalue weighted by Crippen LogP contribution is -2.14. The quantitative estimate of drug-likeness (QED) is 0.673. The average molecular weight is 301 g/mol. The maximum atomic E-state index is 12.1. The molecule has 0 aliphatic rings. The van der Waals surface area contributed by atoms with E-state index in [9.17, 15) is 9.59 Å². The molecule has 1 aromatic carbocycles. The Morgan fingerprint density at radius 2 is 2.24 bits per heavy atom. The zero-order valence-electron chi connectivity index (χ0n) is 10.8. The molecular weight excluding hydrogens is 290 g/mol. The first-order chi connectivity index (χ1) is 10.1. The molecule has 0 saturated carbocycles. The molecule has 8 heteroatoms. The van der Waals surface area contributed by atoms with Crippen LogP contribution in [0.15, 0.2) is 29.9 Å². The number of amides is 2. The van der Waals surface area contributed by atoms with Crippen LogP contribution in [0.3, 0.4) is 0 Å². The molecule has 0 fully saturated rings. The first-order valence-electron chi connectivity index (χ1n) is 6.09. The van der Waals surface area contributed by atoms with Gasteiger partial charge < -0.3 is 10.7 Å². The lowest BCUT2D eigenvalue weighted by Gasteiger charge is -2.01. The second-order valence-corrected chi connectivity index (χ2v) is 5.23. The van der Waals surface area contributed by atoms with E-state index in [1.165, 1.54) is 11.3 Å². The van der Waals surface area contributed by atoms with Crippen LogP contribution in [0.4, 0.5) is 5.13 Å². The van der Waals surface area contributed by atoms with Crippen molar-refractivity contribution in [1.29, 1.82) is 0 Å². The Kier molecular flexibility index (Phi) is 3.36. The van der Waals surface area contributed by atoms with Crippen molar-refractivity contribution >= 4 is 39.3 Å². The zero-order chi connectivity index (χ0) is 14.8. The van der Waals surface area contributed by atoms with E-state index in [1.807, 2.05) is 0 Å². The number of thiazole rings is 1. The standard InChI is InChI=1S/C13H11N5O2S/c14-11(19)4-8-5-21-13(17-8)18-12(20)7-1-2-9-10(3-7)16-6-15-9/h1-3,5-6H,4H2,(H2,14,19)(H,15,16)(H,17,18,20). The number of carbonyl (C=O) groups excluding carboxylic acids is 2. The Hall–Kier alpha value is -2.74. The van der Waals surface area contributed by atoms with Crippen molar-refractivity contribution in [1.82, 2.24) is 15.0 Å². The number of imidazole rings is 1. The number of carbonyl (C=O) groups is 2. The van der Waals surface area contributed by atoms with Gasteiger partial charge in [0.05, 0.1) is 29.5 Å². The normalized spacial score (nSPS) is 10.7. The summed E-state index contributed by atoms with van der Waals surface area (Å²) in [6.45, 7) is 0. The maximum absolute atomic E-state index is 12.1. The molecule has 7 nitrogen and oxygen atoms in total. The van der Waals surface area contributed by atoms with Crippen molar-refractivity contribution in [2.45, 2.75) is 6.42 Å². The monoisotopic (exact) mass is 301 g/mol. The molecule has 0 unspecified atom stereocenters. The molecular formula is C13H11N5O2S. The number of benzene rings is 1. The van der Waals surface area contributed by atoms with Gasteiger partial charge >= 0.3 is 0 Å². The summed E-state index contributed by atoms with van der Waals surface area (Å²) in [7, 11) is 0. The molecule has 2 heterocycles. The third-order valence-corrected chi connectivity index (χ3v) is 3.62. The summed E-state index contributed by atoms with van der Waals surface area (Å²) in [6, 6.07) is 5.17. The number of rotatable bonds is 4. The number of aromatic amines is 1. The number of hydrogen-bond donors (Lipinski definition) is 3. The van der Waals surface area contributed by atoms with Gasteiger partial charge in [0.1, 0.15) is 0 Å². The molecule has 106 valence electrons. The Morgan fingerprint density at radius 3 is 3.05 bits per heavy atom. The Labute approximate surface area is 123 Å². The highest BCUT2D eigenvalue weighted by molar-refractivity contribution is 7.14. The number of H-pyrrole nitrogens is 1. The van der Waals surface area contributed by atoms with Crippen molar-refractivity contribution in [3.8, 4) is 0 Å². The second-order valence-electron chi connectivity index (χ2n) is 4.38. The Morgan fingerprint density at radius 1 is 1.38 bits per heavy atom. The van der Waals surface area contributed by atoms with Crippen LogP contribution in [-0.4, -0.2) is 26.8 Å². The molecule has 21 heavy (non-hydrogen) atoms. The summed E-state index contributed by atoms with van der Waals surface area (Å²) in [5.74, 6) is -0.727. The highest BCUT2D eigenvalue weighted by atomic mass is 32.1. The van der Waals surface area contributed by atoms with Crippen molar-refractivity contribution in [3.63, 3.8) is 0 Å². The highest BCUT2D eigenvalue weighted by Crippen LogP contribution is 2.18. The van der Waals surface area contributed by atoms with Crippen LogP contribution in [0.25, 0.3) is 11.0 Å². The number of anilines is 1. The number of aromatic nitrogens is 3. The van der Waals surface area contributed by atoms with E-state index in [0.29, 0.717) is 16.4 Å². The van der Waals surface area contributed by atoms with Gasteiger partial charge in [0, 0.05) is 10.9 Å². The fourth-order valence-corrected chi connectivity index (χ4v) is 2.58. The Bertz CT molecular complexity index is 823. The molecule has 4 N–H and O–H groups in total. The van der Waals surface area contributed by atoms with Gasteiger partial charge in [-0.25, -0.2) is 9.97 Å². The number of nitrogens with one attached hydrogen (secondary N) is 2. The van der Waals surface area contributed by atoms with Crippen LogP contribution in [0, 0.1) is 0 Å². The largest absolute Gasteiger partial charge is 0.369 e. The molecule has 0 bridgehead atoms. The zero-order valence-corrected chi connectivity index (χ0v) is 11.6. The van der Waals surface area contributed by atoms with Crippen LogP contribution < -0.4 is 11.1 Å². The number of fused-ring (bicyclic) bond motifs is 1. The molecule has 3 aromatic rings. The van der Waals surface area contributed by atoms with Crippen LogP contribution in [0.5, 0.6) is 0 Å². The van der Waals surface area contributed by atoms with Crippen molar-refractivity contribution < 1.29 is 9.59 Å². The van der Waals surface area contributed by atoms with Crippen LogP contribution in [0.2, 0.25) is 0 Å². The van der Waals surface area contributed by atoms with E-state index in [2.05, 4.69) is 20.3 Å². The molecule has 2 aromatic heterocycles. The summed E-state index contributed by atoms with van der Waals surface area (Å²) in [6.07, 6.45) is 1.63. The van der Waals surface area contributed by atoms with E-state index < -0.39 is 5.91 Å². The van der Waals surface area contributed by atoms with Gasteiger partial charge in [-0.3, -0.25) is 14.9 Å². The van der Waals surface area contributed by atoms with E-state index in [1.54, 1.807) is 29.9 Å². The molecule has 0 aliphatic heterocycles. The number of nitrogens with zero attached hydrogens (tertiary/aromatic N) is 2. The molecule has 0 radical (unpaired) electrons. The number of hydrogen-bond acceptors (Lipinski definition) is 5. The minimum absolute atomic E-state index is 0.0620. The third kappa shape index (κ3) is 2.90. The average Bonchev–Trinajstić information content (AvgIpc) is 3.06. The van der Waals surface area contributed by atoms with Crippen molar-refractivity contribution in [2.24, 2.45) is 5.73 Å². The lowest BCUT2D eigenvalue weighted by molar-refractivity contribution is -0.117. The highest BCUT2D eigenvalue weighted by Gasteiger charge is 2.11. The maximum Gasteiger partial charge on any atom is 0.257 e. The lowest BCUT2D eigenvalue weighted by atomic mass is 10.2. The smallest absolute Gasteiger partial charge is 0.257 e. The number of primary amides is 1. The fraction of sp³-hybridized carbons (Fsp3) is 0.0769. The summed E-state index contributed by atoms with van der Waals surface area (Å²) < 4.78 is 0. The summed E-state index contributed by atoms with van der Waals surface area (Å²) in [5.41, 5.74) is 7.73. The Balaban J connectivity index is 1.76. The van der Waals surface area contributed by atoms with Gasteiger partial charge in [-0.15, -0.1) is 11.3 Å². The first-order valence-corrected chi connectivity index (χ1v) is 6.97. The predicted octanol–water partition coefficient (Wildman–Crippen LogP) is 1.30. The van der Waals surface area contributed by atoms with E-state index in [0.717, 1.165) is 11.0 Å². The van der Waals surface area contributed by atoms with Gasteiger partial charge in [-0.1, -0.05) is 0 Å². The minimum Gasteiger partial charge on any atom is -0.369 e. The SMILES string of the molecule is NC(=O)Cc1csc(NC(=O)c2ccc3nc[nH]c3c2)n1. The molecule has 0 spiro atoms.